The Morgan fingerprint density at radius 3 is 2.67 bits per heavy atom. The van der Waals surface area contributed by atoms with E-state index in [0.29, 0.717) is 15.6 Å². The number of aromatic nitrogens is 2. The van der Waals surface area contributed by atoms with Crippen LogP contribution in [0.5, 0.6) is 0 Å². The molecule has 0 unspecified atom stereocenters. The summed E-state index contributed by atoms with van der Waals surface area (Å²) in [6.45, 7) is 1.75. The average Bonchev–Trinajstić information content (AvgIpc) is 2.31. The number of carboxylic acids is 1. The number of hydrogen-bond acceptors (Lipinski definition) is 4. The molecule has 2 heterocycles. The van der Waals surface area contributed by atoms with Gasteiger partial charge in [0.1, 0.15) is 10.1 Å². The van der Waals surface area contributed by atoms with Crippen LogP contribution in [0.2, 0.25) is 0 Å². The van der Waals surface area contributed by atoms with E-state index in [1.165, 1.54) is 11.8 Å². The van der Waals surface area contributed by atoms with Crippen LogP contribution in [0.25, 0.3) is 0 Å². The Kier molecular flexibility index (Phi) is 3.98. The molecular formula is C12H9BrN2O2S. The summed E-state index contributed by atoms with van der Waals surface area (Å²) in [5, 5.41) is 10.3. The van der Waals surface area contributed by atoms with Crippen LogP contribution in [0.4, 0.5) is 0 Å². The number of carbonyl (C=O) groups is 1. The van der Waals surface area contributed by atoms with Crippen LogP contribution in [0.3, 0.4) is 0 Å². The molecule has 0 aliphatic carbocycles. The highest BCUT2D eigenvalue weighted by molar-refractivity contribution is 9.10. The molecule has 2 rings (SSSR count). The van der Waals surface area contributed by atoms with Crippen molar-refractivity contribution in [2.24, 2.45) is 0 Å². The highest BCUT2D eigenvalue weighted by atomic mass is 79.9. The molecule has 2 aromatic rings. The molecule has 0 aliphatic heterocycles. The van der Waals surface area contributed by atoms with Crippen molar-refractivity contribution >= 4 is 33.7 Å². The summed E-state index contributed by atoms with van der Waals surface area (Å²) < 4.78 is 0.814. The molecule has 2 aromatic heterocycles. The van der Waals surface area contributed by atoms with Gasteiger partial charge in [-0.25, -0.2) is 14.8 Å². The fourth-order valence-corrected chi connectivity index (χ4v) is 2.83. The summed E-state index contributed by atoms with van der Waals surface area (Å²) in [4.78, 5) is 19.5. The van der Waals surface area contributed by atoms with Crippen LogP contribution in [0.1, 0.15) is 15.9 Å². The molecule has 4 nitrogen and oxygen atoms in total. The Hall–Kier alpha value is -1.40. The molecule has 1 N–H and O–H groups in total. The average molecular weight is 325 g/mol. The molecule has 0 atom stereocenters. The van der Waals surface area contributed by atoms with Gasteiger partial charge in [-0.3, -0.25) is 0 Å². The second kappa shape index (κ2) is 5.49. The molecule has 0 fully saturated rings. The van der Waals surface area contributed by atoms with E-state index in [1.54, 1.807) is 31.5 Å². The minimum Gasteiger partial charge on any atom is -0.478 e. The molecule has 0 spiro atoms. The number of aromatic carboxylic acids is 1. The zero-order valence-corrected chi connectivity index (χ0v) is 11.8. The van der Waals surface area contributed by atoms with E-state index in [9.17, 15) is 9.90 Å². The van der Waals surface area contributed by atoms with Gasteiger partial charge in [-0.2, -0.15) is 0 Å². The first-order valence-corrected chi connectivity index (χ1v) is 6.68. The van der Waals surface area contributed by atoms with E-state index in [0.717, 1.165) is 4.47 Å². The molecular weight excluding hydrogens is 316 g/mol. The van der Waals surface area contributed by atoms with Crippen molar-refractivity contribution in [2.45, 2.75) is 17.0 Å². The van der Waals surface area contributed by atoms with Crippen LogP contribution in [0.15, 0.2) is 45.1 Å². The van der Waals surface area contributed by atoms with Crippen LogP contribution in [-0.4, -0.2) is 21.0 Å². The third kappa shape index (κ3) is 2.70. The lowest BCUT2D eigenvalue weighted by Crippen LogP contribution is -2.03. The molecule has 92 valence electrons. The smallest absolute Gasteiger partial charge is 0.338 e. The van der Waals surface area contributed by atoms with E-state index < -0.39 is 5.97 Å². The van der Waals surface area contributed by atoms with Gasteiger partial charge in [0.15, 0.2) is 0 Å². The number of hydrogen-bond donors (Lipinski definition) is 1. The minimum absolute atomic E-state index is 0.222. The number of aryl methyl sites for hydroxylation is 1. The molecule has 18 heavy (non-hydrogen) atoms. The molecule has 0 saturated carbocycles. The number of pyridine rings is 2. The molecule has 0 aromatic carbocycles. The zero-order valence-electron chi connectivity index (χ0n) is 9.42. The molecule has 0 bridgehead atoms. The van der Waals surface area contributed by atoms with E-state index in [4.69, 9.17) is 0 Å². The van der Waals surface area contributed by atoms with Crippen LogP contribution < -0.4 is 0 Å². The third-order valence-electron chi connectivity index (χ3n) is 2.26. The van der Waals surface area contributed by atoms with Gasteiger partial charge in [-0.15, -0.1) is 0 Å². The third-order valence-corrected chi connectivity index (χ3v) is 4.18. The summed E-state index contributed by atoms with van der Waals surface area (Å²) >= 11 is 4.61. The van der Waals surface area contributed by atoms with Crippen molar-refractivity contribution in [1.82, 2.24) is 9.97 Å². The number of nitrogens with zero attached hydrogens (tertiary/aromatic N) is 2. The lowest BCUT2D eigenvalue weighted by molar-refractivity contribution is 0.0691. The highest BCUT2D eigenvalue weighted by Crippen LogP contribution is 2.32. The van der Waals surface area contributed by atoms with E-state index in [1.807, 2.05) is 6.07 Å². The predicted molar refractivity (Wildman–Crippen MR) is 72.0 cm³/mol. The second-order valence-corrected chi connectivity index (χ2v) is 5.34. The zero-order chi connectivity index (χ0) is 13.1. The van der Waals surface area contributed by atoms with E-state index in [-0.39, 0.29) is 5.56 Å². The van der Waals surface area contributed by atoms with Crippen LogP contribution >= 0.6 is 27.7 Å². The summed E-state index contributed by atoms with van der Waals surface area (Å²) in [5.74, 6) is -0.977. The van der Waals surface area contributed by atoms with Gasteiger partial charge in [0.25, 0.3) is 0 Å². The quantitative estimate of drug-likeness (QED) is 0.937. The maximum absolute atomic E-state index is 11.2. The number of halogens is 1. The summed E-state index contributed by atoms with van der Waals surface area (Å²) in [5.41, 5.74) is 0.909. The van der Waals surface area contributed by atoms with Crippen molar-refractivity contribution < 1.29 is 9.90 Å². The first-order valence-electron chi connectivity index (χ1n) is 5.07. The summed E-state index contributed by atoms with van der Waals surface area (Å²) in [6, 6.07) is 5.34. The number of rotatable bonds is 3. The Morgan fingerprint density at radius 1 is 1.28 bits per heavy atom. The fourth-order valence-electron chi connectivity index (χ4n) is 1.41. The first kappa shape index (κ1) is 13.0. The highest BCUT2D eigenvalue weighted by Gasteiger charge is 2.16. The summed E-state index contributed by atoms with van der Waals surface area (Å²) in [7, 11) is 0. The molecule has 0 radical (unpaired) electrons. The monoisotopic (exact) mass is 324 g/mol. The second-order valence-electron chi connectivity index (χ2n) is 3.51. The SMILES string of the molecule is Cc1ccnc(Sc2ncccc2Br)c1C(=O)O. The van der Waals surface area contributed by atoms with Crippen molar-refractivity contribution in [3.8, 4) is 0 Å². The molecule has 0 amide bonds. The molecule has 6 heteroatoms. The Bertz CT molecular complexity index is 604. The van der Waals surface area contributed by atoms with Gasteiger partial charge in [-0.05, 0) is 58.4 Å². The van der Waals surface area contributed by atoms with Gasteiger partial charge in [0.05, 0.1) is 10.0 Å². The van der Waals surface area contributed by atoms with Gasteiger partial charge in [-0.1, -0.05) is 0 Å². The maximum Gasteiger partial charge on any atom is 0.338 e. The van der Waals surface area contributed by atoms with Crippen molar-refractivity contribution in [3.63, 3.8) is 0 Å². The van der Waals surface area contributed by atoms with Crippen LogP contribution in [0, 0.1) is 6.92 Å². The normalized spacial score (nSPS) is 10.3. The molecule has 0 saturated heterocycles. The van der Waals surface area contributed by atoms with Crippen LogP contribution in [-0.2, 0) is 0 Å². The van der Waals surface area contributed by atoms with E-state index >= 15 is 0 Å². The van der Waals surface area contributed by atoms with Gasteiger partial charge in [0.2, 0.25) is 0 Å². The standard InChI is InChI=1S/C12H9BrN2O2S/c1-7-4-6-15-11(9(7)12(16)17)18-10-8(13)3-2-5-14-10/h2-6H,1H3,(H,16,17). The Labute approximate surface area is 117 Å². The Morgan fingerprint density at radius 2 is 2.00 bits per heavy atom. The predicted octanol–water partition coefficient (Wildman–Crippen LogP) is 3.40. The fraction of sp³-hybridized carbons (Fsp3) is 0.0833. The lowest BCUT2D eigenvalue weighted by Gasteiger charge is -2.07. The lowest BCUT2D eigenvalue weighted by atomic mass is 10.2. The van der Waals surface area contributed by atoms with E-state index in [2.05, 4.69) is 25.9 Å². The van der Waals surface area contributed by atoms with Crippen molar-refractivity contribution in [3.05, 3.63) is 46.2 Å². The first-order chi connectivity index (χ1) is 8.59. The van der Waals surface area contributed by atoms with Crippen molar-refractivity contribution in [2.75, 3.05) is 0 Å². The van der Waals surface area contributed by atoms with Crippen molar-refractivity contribution in [1.29, 1.82) is 0 Å². The number of carboxylic acid groups (broad SMARTS) is 1. The van der Waals surface area contributed by atoms with Gasteiger partial charge in [0, 0.05) is 12.4 Å². The maximum atomic E-state index is 11.2. The largest absolute Gasteiger partial charge is 0.478 e. The Balaban J connectivity index is 2.44. The minimum atomic E-state index is -0.977. The van der Waals surface area contributed by atoms with Gasteiger partial charge < -0.3 is 5.11 Å². The topological polar surface area (TPSA) is 63.1 Å². The summed E-state index contributed by atoms with van der Waals surface area (Å²) in [6.07, 6.45) is 3.25. The van der Waals surface area contributed by atoms with Gasteiger partial charge >= 0.3 is 5.97 Å². The molecule has 0 aliphatic rings.